The fourth-order valence-electron chi connectivity index (χ4n) is 2.21. The molecule has 0 amide bonds. The van der Waals surface area contributed by atoms with E-state index >= 15 is 0 Å². The van der Waals surface area contributed by atoms with Crippen LogP contribution in [-0.2, 0) is 9.84 Å². The molecule has 18 heavy (non-hydrogen) atoms. The van der Waals surface area contributed by atoms with E-state index in [1.165, 1.54) is 6.26 Å². The van der Waals surface area contributed by atoms with Crippen molar-refractivity contribution in [1.29, 1.82) is 0 Å². The Labute approximate surface area is 113 Å². The highest BCUT2D eigenvalue weighted by molar-refractivity contribution is 7.90. The van der Waals surface area contributed by atoms with Crippen molar-refractivity contribution >= 4 is 27.3 Å². The number of halogens is 1. The van der Waals surface area contributed by atoms with E-state index in [1.807, 2.05) is 4.90 Å². The zero-order chi connectivity index (χ0) is 13.2. The first kappa shape index (κ1) is 13.6. The van der Waals surface area contributed by atoms with Gasteiger partial charge in [-0.05, 0) is 30.9 Å². The van der Waals surface area contributed by atoms with Crippen LogP contribution in [0.2, 0.25) is 0 Å². The Bertz CT molecular complexity index is 511. The van der Waals surface area contributed by atoms with Gasteiger partial charge in [0.25, 0.3) is 0 Å². The molecule has 0 N–H and O–H groups in total. The number of rotatable bonds is 3. The minimum Gasteiger partial charge on any atom is -0.356 e. The molecule has 1 aromatic rings. The highest BCUT2D eigenvalue weighted by Gasteiger charge is 2.24. The molecule has 1 aliphatic rings. The molecule has 0 radical (unpaired) electrons. The lowest BCUT2D eigenvalue weighted by Gasteiger charge is -2.32. The summed E-state index contributed by atoms with van der Waals surface area (Å²) < 4.78 is 23.5. The minimum absolute atomic E-state index is 0.314. The van der Waals surface area contributed by atoms with Crippen LogP contribution in [0.1, 0.15) is 12.8 Å². The van der Waals surface area contributed by atoms with E-state index in [2.05, 4.69) is 4.98 Å². The van der Waals surface area contributed by atoms with Crippen molar-refractivity contribution in [2.75, 3.05) is 30.1 Å². The quantitative estimate of drug-likeness (QED) is 0.798. The first-order valence-electron chi connectivity index (χ1n) is 5.98. The maximum atomic E-state index is 11.7. The largest absolute Gasteiger partial charge is 0.356 e. The van der Waals surface area contributed by atoms with E-state index < -0.39 is 9.84 Å². The number of hydrogen-bond acceptors (Lipinski definition) is 4. The van der Waals surface area contributed by atoms with Crippen LogP contribution in [0.25, 0.3) is 0 Å². The second kappa shape index (κ2) is 5.45. The van der Waals surface area contributed by atoms with Gasteiger partial charge in [-0.25, -0.2) is 13.4 Å². The van der Waals surface area contributed by atoms with E-state index in [4.69, 9.17) is 11.6 Å². The predicted octanol–water partition coefficient (Wildman–Crippen LogP) is 1.94. The zero-order valence-corrected chi connectivity index (χ0v) is 11.9. The van der Waals surface area contributed by atoms with E-state index in [0.717, 1.165) is 25.9 Å². The topological polar surface area (TPSA) is 50.3 Å². The first-order valence-corrected chi connectivity index (χ1v) is 8.41. The Morgan fingerprint density at radius 2 is 2.11 bits per heavy atom. The van der Waals surface area contributed by atoms with Crippen LogP contribution >= 0.6 is 11.6 Å². The van der Waals surface area contributed by atoms with Gasteiger partial charge in [0.15, 0.2) is 9.84 Å². The Kier molecular flexibility index (Phi) is 4.12. The molecule has 1 saturated heterocycles. The van der Waals surface area contributed by atoms with Crippen LogP contribution in [0.15, 0.2) is 23.2 Å². The summed E-state index contributed by atoms with van der Waals surface area (Å²) in [5, 5.41) is 0. The molecular weight excluding hydrogens is 272 g/mol. The first-order chi connectivity index (χ1) is 8.52. The van der Waals surface area contributed by atoms with Crippen molar-refractivity contribution < 1.29 is 8.42 Å². The monoisotopic (exact) mass is 288 g/mol. The average Bonchev–Trinajstić information content (AvgIpc) is 2.38. The molecule has 2 rings (SSSR count). The Morgan fingerprint density at radius 1 is 1.44 bits per heavy atom. The number of nitrogens with zero attached hydrogens (tertiary/aromatic N) is 2. The van der Waals surface area contributed by atoms with Crippen molar-refractivity contribution in [3.8, 4) is 0 Å². The SMILES string of the molecule is CS(=O)(=O)c1cccnc1N1CCC(CCl)CC1. The fourth-order valence-corrected chi connectivity index (χ4v) is 3.36. The molecule has 1 fully saturated rings. The molecule has 0 bridgehead atoms. The molecule has 6 heteroatoms. The maximum absolute atomic E-state index is 11.7. The van der Waals surface area contributed by atoms with Crippen LogP contribution < -0.4 is 4.90 Å². The summed E-state index contributed by atoms with van der Waals surface area (Å²) in [6.07, 6.45) is 4.84. The van der Waals surface area contributed by atoms with Gasteiger partial charge < -0.3 is 4.90 Å². The van der Waals surface area contributed by atoms with Crippen molar-refractivity contribution in [3.63, 3.8) is 0 Å². The fraction of sp³-hybridized carbons (Fsp3) is 0.583. The summed E-state index contributed by atoms with van der Waals surface area (Å²) in [4.78, 5) is 6.59. The van der Waals surface area contributed by atoms with Crippen molar-refractivity contribution in [2.45, 2.75) is 17.7 Å². The third kappa shape index (κ3) is 2.95. The third-order valence-electron chi connectivity index (χ3n) is 3.28. The van der Waals surface area contributed by atoms with Gasteiger partial charge in [0.2, 0.25) is 0 Å². The van der Waals surface area contributed by atoms with Gasteiger partial charge in [0, 0.05) is 31.4 Å². The number of anilines is 1. The van der Waals surface area contributed by atoms with Crippen molar-refractivity contribution in [2.24, 2.45) is 5.92 Å². The van der Waals surface area contributed by atoms with E-state index in [9.17, 15) is 8.42 Å². The normalized spacial score (nSPS) is 18.0. The average molecular weight is 289 g/mol. The van der Waals surface area contributed by atoms with E-state index in [0.29, 0.717) is 22.5 Å². The van der Waals surface area contributed by atoms with Gasteiger partial charge in [-0.2, -0.15) is 0 Å². The molecule has 0 unspecified atom stereocenters. The standard InChI is InChI=1S/C12H17ClN2O2S/c1-18(16,17)11-3-2-6-14-12(11)15-7-4-10(9-13)5-8-15/h2-3,6,10H,4-5,7-9H2,1H3. The minimum atomic E-state index is -3.23. The van der Waals surface area contributed by atoms with Gasteiger partial charge in [-0.3, -0.25) is 0 Å². The molecule has 0 aliphatic carbocycles. The van der Waals surface area contributed by atoms with Crippen molar-refractivity contribution in [3.05, 3.63) is 18.3 Å². The summed E-state index contributed by atoms with van der Waals surface area (Å²) in [6, 6.07) is 3.27. The molecule has 1 aromatic heterocycles. The van der Waals surface area contributed by atoms with E-state index in [1.54, 1.807) is 18.3 Å². The summed E-state index contributed by atoms with van der Waals surface area (Å²) in [7, 11) is -3.23. The molecule has 0 saturated carbocycles. The van der Waals surface area contributed by atoms with Gasteiger partial charge >= 0.3 is 0 Å². The third-order valence-corrected chi connectivity index (χ3v) is 4.84. The van der Waals surface area contributed by atoms with Gasteiger partial charge in [-0.15, -0.1) is 11.6 Å². The number of aromatic nitrogens is 1. The Balaban J connectivity index is 2.25. The molecule has 4 nitrogen and oxygen atoms in total. The summed E-state index contributed by atoms with van der Waals surface area (Å²) in [5.41, 5.74) is 0. The van der Waals surface area contributed by atoms with Crippen LogP contribution in [0.5, 0.6) is 0 Å². The summed E-state index contributed by atoms with van der Waals surface area (Å²) >= 11 is 5.85. The van der Waals surface area contributed by atoms with Crippen LogP contribution in [-0.4, -0.2) is 38.6 Å². The summed E-state index contributed by atoms with van der Waals surface area (Å²) in [5.74, 6) is 1.79. The number of alkyl halides is 1. The molecule has 0 atom stereocenters. The number of sulfone groups is 1. The highest BCUT2D eigenvalue weighted by Crippen LogP contribution is 2.27. The van der Waals surface area contributed by atoms with Crippen LogP contribution in [0, 0.1) is 5.92 Å². The molecule has 2 heterocycles. The highest BCUT2D eigenvalue weighted by atomic mass is 35.5. The van der Waals surface area contributed by atoms with Gasteiger partial charge in [0.1, 0.15) is 10.7 Å². The predicted molar refractivity (Wildman–Crippen MR) is 73.0 cm³/mol. The molecule has 100 valence electrons. The van der Waals surface area contributed by atoms with Gasteiger partial charge in [-0.1, -0.05) is 0 Å². The molecule has 0 spiro atoms. The lowest BCUT2D eigenvalue weighted by Crippen LogP contribution is -2.35. The number of hydrogen-bond donors (Lipinski definition) is 0. The second-order valence-electron chi connectivity index (χ2n) is 4.68. The van der Waals surface area contributed by atoms with Crippen LogP contribution in [0.3, 0.4) is 0 Å². The zero-order valence-electron chi connectivity index (χ0n) is 10.3. The Hall–Kier alpha value is -0.810. The second-order valence-corrected chi connectivity index (χ2v) is 6.97. The van der Waals surface area contributed by atoms with Crippen molar-refractivity contribution in [1.82, 2.24) is 4.98 Å². The summed E-state index contributed by atoms with van der Waals surface area (Å²) in [6.45, 7) is 1.63. The smallest absolute Gasteiger partial charge is 0.179 e. The molecular formula is C12H17ClN2O2S. The molecule has 0 aromatic carbocycles. The van der Waals surface area contributed by atoms with E-state index in [-0.39, 0.29) is 0 Å². The molecule has 1 aliphatic heterocycles. The number of pyridine rings is 1. The lowest BCUT2D eigenvalue weighted by molar-refractivity contribution is 0.439. The lowest BCUT2D eigenvalue weighted by atomic mass is 9.99. The maximum Gasteiger partial charge on any atom is 0.179 e. The van der Waals surface area contributed by atoms with Crippen LogP contribution in [0.4, 0.5) is 5.82 Å². The van der Waals surface area contributed by atoms with Gasteiger partial charge in [0.05, 0.1) is 0 Å². The Morgan fingerprint density at radius 3 is 2.67 bits per heavy atom. The number of piperidine rings is 1.